The number of rotatable bonds is 9. The molecule has 1 amide bonds. The maximum atomic E-state index is 13.4. The van der Waals surface area contributed by atoms with Gasteiger partial charge in [-0.25, -0.2) is 9.67 Å². The molecule has 9 nitrogen and oxygen atoms in total. The minimum absolute atomic E-state index is 0.117. The molecule has 1 unspecified atom stereocenters. The molecule has 0 spiro atoms. The number of likely N-dealkylation sites (tertiary alicyclic amines) is 1. The summed E-state index contributed by atoms with van der Waals surface area (Å²) in [5.41, 5.74) is 2.99. The number of nitrogens with one attached hydrogen (secondary N) is 2. The van der Waals surface area contributed by atoms with Crippen LogP contribution in [0.5, 0.6) is 0 Å². The molecule has 1 aromatic carbocycles. The van der Waals surface area contributed by atoms with Crippen LogP contribution in [0.25, 0.3) is 5.69 Å². The number of aromatic nitrogens is 3. The highest BCUT2D eigenvalue weighted by atomic mass is 32.1. The summed E-state index contributed by atoms with van der Waals surface area (Å²) in [6.07, 6.45) is 4.10. The Balaban J connectivity index is 1.40. The van der Waals surface area contributed by atoms with E-state index in [2.05, 4.69) is 33.4 Å². The molecule has 0 saturated carbocycles. The maximum absolute atomic E-state index is 13.4. The van der Waals surface area contributed by atoms with Crippen LogP contribution >= 0.6 is 11.3 Å². The molecule has 1 aliphatic rings. The van der Waals surface area contributed by atoms with Crippen molar-refractivity contribution in [3.63, 3.8) is 0 Å². The molecule has 10 heteroatoms. The number of nitrogens with zero attached hydrogens (tertiary/aromatic N) is 5. The topological polar surface area (TPSA) is 119 Å². The summed E-state index contributed by atoms with van der Waals surface area (Å²) >= 11 is 1.28. The highest BCUT2D eigenvalue weighted by Gasteiger charge is 2.38. The zero-order valence-electron chi connectivity index (χ0n) is 20.7. The summed E-state index contributed by atoms with van der Waals surface area (Å²) in [4.78, 5) is 20.2. The lowest BCUT2D eigenvalue weighted by Gasteiger charge is -2.30. The van der Waals surface area contributed by atoms with Crippen LogP contribution in [0.3, 0.4) is 0 Å². The minimum Gasteiger partial charge on any atom is -0.386 e. The van der Waals surface area contributed by atoms with Gasteiger partial charge in [-0.15, -0.1) is 0 Å². The van der Waals surface area contributed by atoms with Gasteiger partial charge in [-0.3, -0.25) is 4.79 Å². The Morgan fingerprint density at radius 2 is 2.08 bits per heavy atom. The van der Waals surface area contributed by atoms with Crippen LogP contribution in [0.2, 0.25) is 0 Å². The molecule has 3 aromatic rings. The van der Waals surface area contributed by atoms with Crippen molar-refractivity contribution in [2.45, 2.75) is 44.9 Å². The van der Waals surface area contributed by atoms with E-state index in [-0.39, 0.29) is 18.0 Å². The van der Waals surface area contributed by atoms with Crippen molar-refractivity contribution < 1.29 is 9.90 Å². The van der Waals surface area contributed by atoms with Crippen molar-refractivity contribution in [2.24, 2.45) is 5.92 Å². The first kappa shape index (κ1) is 25.4. The Labute approximate surface area is 215 Å². The van der Waals surface area contributed by atoms with Gasteiger partial charge >= 0.3 is 0 Å². The van der Waals surface area contributed by atoms with Crippen molar-refractivity contribution in [2.75, 3.05) is 18.9 Å². The highest BCUT2D eigenvalue weighted by Crippen LogP contribution is 2.37. The number of hydrogen-bond donors (Lipinski definition) is 3. The molecule has 0 aliphatic carbocycles. The number of anilines is 1. The number of thiazole rings is 1. The number of benzene rings is 1. The van der Waals surface area contributed by atoms with Crippen LogP contribution in [-0.4, -0.2) is 50.4 Å². The molecule has 188 valence electrons. The van der Waals surface area contributed by atoms with Gasteiger partial charge in [0.25, 0.3) is 0 Å². The average Bonchev–Trinajstić information content (AvgIpc) is 3.67. The standard InChI is InChI=1S/C26H31N7O2S/c1-16(25(35)32-13-5-7-21(32)23-22(15-27)36-26(28-4)31-23)24(34)18(3)30-17(2)19-8-10-20(11-9-19)33-14-6-12-29-33/h6,8-12,14,16-17,21,24,30,34H,3,5,7,13H2,1-2,4H3,(H,28,31)/t16-,17-,21?,24-/m1/s1. The molecule has 1 aliphatic heterocycles. The number of aliphatic hydroxyl groups excluding tert-OH is 1. The van der Waals surface area contributed by atoms with Crippen LogP contribution in [0.1, 0.15) is 54.9 Å². The Morgan fingerprint density at radius 3 is 2.72 bits per heavy atom. The van der Waals surface area contributed by atoms with Crippen molar-refractivity contribution in [3.05, 3.63) is 71.1 Å². The number of carbonyl (C=O) groups is 1. The molecular weight excluding hydrogens is 474 g/mol. The quantitative estimate of drug-likeness (QED) is 0.405. The monoisotopic (exact) mass is 505 g/mol. The van der Waals surface area contributed by atoms with Crippen LogP contribution in [0.4, 0.5) is 5.13 Å². The second-order valence-corrected chi connectivity index (χ2v) is 9.95. The normalized spacial score (nSPS) is 17.8. The van der Waals surface area contributed by atoms with Gasteiger partial charge in [0.1, 0.15) is 17.1 Å². The molecule has 3 heterocycles. The largest absolute Gasteiger partial charge is 0.386 e. The third-order valence-electron chi connectivity index (χ3n) is 6.60. The molecule has 3 N–H and O–H groups in total. The minimum atomic E-state index is -1.07. The molecular formula is C26H31N7O2S. The van der Waals surface area contributed by atoms with Crippen LogP contribution < -0.4 is 10.6 Å². The molecule has 2 aromatic heterocycles. The van der Waals surface area contributed by atoms with Gasteiger partial charge in [0, 0.05) is 37.7 Å². The molecule has 1 saturated heterocycles. The van der Waals surface area contributed by atoms with Crippen molar-refractivity contribution in [1.82, 2.24) is 25.0 Å². The van der Waals surface area contributed by atoms with E-state index in [9.17, 15) is 15.2 Å². The molecule has 1 fully saturated rings. The fourth-order valence-corrected chi connectivity index (χ4v) is 5.31. The summed E-state index contributed by atoms with van der Waals surface area (Å²) in [5.74, 6) is -0.875. The van der Waals surface area contributed by atoms with Crippen molar-refractivity contribution in [3.8, 4) is 11.8 Å². The lowest BCUT2D eigenvalue weighted by molar-refractivity contribution is -0.138. The first-order valence-electron chi connectivity index (χ1n) is 12.0. The first-order chi connectivity index (χ1) is 17.3. The van der Waals surface area contributed by atoms with Crippen LogP contribution in [0, 0.1) is 17.2 Å². The second kappa shape index (κ2) is 10.9. The summed E-state index contributed by atoms with van der Waals surface area (Å²) in [6.45, 7) is 8.28. The smallest absolute Gasteiger partial charge is 0.228 e. The third-order valence-corrected chi connectivity index (χ3v) is 7.60. The molecule has 0 bridgehead atoms. The second-order valence-electron chi connectivity index (χ2n) is 8.95. The summed E-state index contributed by atoms with van der Waals surface area (Å²) in [6, 6.07) is 11.6. The number of aliphatic hydroxyl groups is 1. The van der Waals surface area contributed by atoms with Gasteiger partial charge < -0.3 is 20.6 Å². The average molecular weight is 506 g/mol. The van der Waals surface area contributed by atoms with Gasteiger partial charge in [0.05, 0.1) is 23.3 Å². The maximum Gasteiger partial charge on any atom is 0.228 e. The molecule has 4 atom stereocenters. The zero-order valence-corrected chi connectivity index (χ0v) is 21.5. The van der Waals surface area contributed by atoms with Crippen LogP contribution in [0.15, 0.2) is 55.0 Å². The number of nitriles is 1. The van der Waals surface area contributed by atoms with Crippen LogP contribution in [-0.2, 0) is 4.79 Å². The van der Waals surface area contributed by atoms with Gasteiger partial charge in [-0.1, -0.05) is 37.0 Å². The summed E-state index contributed by atoms with van der Waals surface area (Å²) < 4.78 is 1.79. The van der Waals surface area contributed by atoms with Crippen molar-refractivity contribution >= 4 is 22.4 Å². The Hall–Kier alpha value is -3.68. The molecule has 0 radical (unpaired) electrons. The summed E-state index contributed by atoms with van der Waals surface area (Å²) in [5, 5.41) is 31.6. The Morgan fingerprint density at radius 1 is 1.33 bits per heavy atom. The molecule has 36 heavy (non-hydrogen) atoms. The highest BCUT2D eigenvalue weighted by molar-refractivity contribution is 7.16. The summed E-state index contributed by atoms with van der Waals surface area (Å²) in [7, 11) is 1.76. The van der Waals surface area contributed by atoms with E-state index in [1.54, 1.807) is 29.7 Å². The van der Waals surface area contributed by atoms with E-state index < -0.39 is 12.0 Å². The van der Waals surface area contributed by atoms with Gasteiger partial charge in [-0.2, -0.15) is 10.4 Å². The Kier molecular flexibility index (Phi) is 7.72. The fraction of sp³-hybridized carbons (Fsp3) is 0.385. The zero-order chi connectivity index (χ0) is 25.8. The predicted octanol–water partition coefficient (Wildman–Crippen LogP) is 3.77. The van der Waals surface area contributed by atoms with E-state index in [1.165, 1.54) is 11.3 Å². The van der Waals surface area contributed by atoms with E-state index in [1.807, 2.05) is 43.5 Å². The van der Waals surface area contributed by atoms with E-state index in [0.717, 1.165) is 24.1 Å². The van der Waals surface area contributed by atoms with E-state index in [4.69, 9.17) is 0 Å². The number of carbonyl (C=O) groups excluding carboxylic acids is 1. The fourth-order valence-electron chi connectivity index (χ4n) is 4.54. The van der Waals surface area contributed by atoms with E-state index in [0.29, 0.717) is 27.9 Å². The SMILES string of the molecule is C=C(N[C@H](C)c1ccc(-n2cccn2)cc1)[C@H](O)[C@@H](C)C(=O)N1CCCC1c1nc(NC)sc1C#N. The predicted molar refractivity (Wildman–Crippen MR) is 139 cm³/mol. The number of hydrogen-bond acceptors (Lipinski definition) is 8. The van der Waals surface area contributed by atoms with Crippen molar-refractivity contribution in [1.29, 1.82) is 5.26 Å². The van der Waals surface area contributed by atoms with E-state index >= 15 is 0 Å². The lowest BCUT2D eigenvalue weighted by atomic mass is 9.98. The lowest BCUT2D eigenvalue weighted by Crippen LogP contribution is -2.42. The number of amides is 1. The molecule has 4 rings (SSSR count). The van der Waals surface area contributed by atoms with Gasteiger partial charge in [-0.05, 0) is 43.5 Å². The van der Waals surface area contributed by atoms with Gasteiger partial charge in [0.2, 0.25) is 5.91 Å². The first-order valence-corrected chi connectivity index (χ1v) is 12.8. The van der Waals surface area contributed by atoms with Gasteiger partial charge in [0.15, 0.2) is 5.13 Å². The third kappa shape index (κ3) is 5.12. The Bertz CT molecular complexity index is 1250.